The maximum Gasteiger partial charge on any atom is 0.344 e. The van der Waals surface area contributed by atoms with Crippen LogP contribution in [0.3, 0.4) is 0 Å². The number of aromatic amines is 1. The summed E-state index contributed by atoms with van der Waals surface area (Å²) < 4.78 is 23.9. The number of esters is 3. The number of aromatic nitrogens is 1. The average Bonchev–Trinajstić information content (AvgIpc) is 3.90. The number of ether oxygens (including phenoxy) is 4. The summed E-state index contributed by atoms with van der Waals surface area (Å²) in [6.45, 7) is 10.4. The number of hydrogen-bond donors (Lipinski definition) is 3. The van der Waals surface area contributed by atoms with Gasteiger partial charge < -0.3 is 39.0 Å². The molecule has 13 heteroatoms. The first kappa shape index (κ1) is 39.8. The standard InChI is InChI=1S/C46H56N4O9/c1-8-42(54)23-28-24-45(40(52)57-6,36-30(15-19-49(25-28)26-42)29-13-10-11-14-33(29)47-36)32-21-31-34(22-35(32)56-5)48(4)38-44(31)17-20-50-18-12-16-43(9-2,37(44)50)39(59-27(3)51)46(38,55)41(53)58-7/h8,10-14,16,21-22,28,37-39,47,54-55H,1,9,15,17-20,23-26H2,2-7H3/t28-,37-,38+,39+,42-,43+,44+,45-,46-/m0/s1. The highest BCUT2D eigenvalue weighted by atomic mass is 16.6. The maximum atomic E-state index is 15.3. The van der Waals surface area contributed by atoms with E-state index in [4.69, 9.17) is 18.9 Å². The molecule has 10 atom stereocenters. The highest BCUT2D eigenvalue weighted by Gasteiger charge is 2.80. The van der Waals surface area contributed by atoms with Gasteiger partial charge in [0.15, 0.2) is 6.10 Å². The fraction of sp³-hybridized carbons (Fsp3) is 0.543. The lowest BCUT2D eigenvalue weighted by Crippen LogP contribution is -2.81. The van der Waals surface area contributed by atoms with Gasteiger partial charge in [-0.15, -0.1) is 6.58 Å². The maximum absolute atomic E-state index is 15.3. The quantitative estimate of drug-likeness (QED) is 0.181. The lowest BCUT2D eigenvalue weighted by molar-refractivity contribution is -0.228. The van der Waals surface area contributed by atoms with Crippen molar-refractivity contribution in [2.75, 3.05) is 66.0 Å². The third-order valence-corrected chi connectivity index (χ3v) is 15.3. The van der Waals surface area contributed by atoms with Crippen molar-refractivity contribution in [2.24, 2.45) is 11.3 Å². The molecule has 2 bridgehead atoms. The zero-order valence-electron chi connectivity index (χ0n) is 34.9. The summed E-state index contributed by atoms with van der Waals surface area (Å²) in [5.41, 5.74) is -2.05. The van der Waals surface area contributed by atoms with Gasteiger partial charge in [0.2, 0.25) is 5.60 Å². The van der Waals surface area contributed by atoms with Crippen LogP contribution in [0.4, 0.5) is 5.69 Å². The fourth-order valence-electron chi connectivity index (χ4n) is 13.3. The summed E-state index contributed by atoms with van der Waals surface area (Å²) >= 11 is 0. The van der Waals surface area contributed by atoms with Crippen molar-refractivity contribution in [2.45, 2.75) is 86.2 Å². The van der Waals surface area contributed by atoms with Crippen LogP contribution in [-0.2, 0) is 45.8 Å². The van der Waals surface area contributed by atoms with E-state index in [1.54, 1.807) is 13.2 Å². The van der Waals surface area contributed by atoms with Crippen molar-refractivity contribution in [3.63, 3.8) is 0 Å². The molecule has 5 aliphatic heterocycles. The number of H-pyrrole nitrogens is 1. The van der Waals surface area contributed by atoms with Crippen molar-refractivity contribution in [3.05, 3.63) is 83.6 Å². The second-order valence-electron chi connectivity index (χ2n) is 17.9. The van der Waals surface area contributed by atoms with Gasteiger partial charge in [0, 0.05) is 90.9 Å². The topological polar surface area (TPSA) is 154 Å². The molecule has 314 valence electrons. The Morgan fingerprint density at radius 3 is 2.47 bits per heavy atom. The Balaban J connectivity index is 1.37. The summed E-state index contributed by atoms with van der Waals surface area (Å²) in [4.78, 5) is 53.0. The van der Waals surface area contributed by atoms with E-state index in [1.807, 2.05) is 55.3 Å². The van der Waals surface area contributed by atoms with E-state index < -0.39 is 57.5 Å². The monoisotopic (exact) mass is 808 g/mol. The van der Waals surface area contributed by atoms with Crippen LogP contribution >= 0.6 is 0 Å². The van der Waals surface area contributed by atoms with E-state index in [0.29, 0.717) is 69.7 Å². The van der Waals surface area contributed by atoms with Crippen molar-refractivity contribution in [1.29, 1.82) is 0 Å². The molecule has 6 heterocycles. The number of methoxy groups -OCH3 is 3. The predicted molar refractivity (Wildman–Crippen MR) is 220 cm³/mol. The van der Waals surface area contributed by atoms with Crippen LogP contribution < -0.4 is 9.64 Å². The number of hydrogen-bond acceptors (Lipinski definition) is 12. The highest BCUT2D eigenvalue weighted by molar-refractivity contribution is 5.95. The van der Waals surface area contributed by atoms with E-state index in [-0.39, 0.29) is 18.4 Å². The van der Waals surface area contributed by atoms with Crippen molar-refractivity contribution >= 4 is 34.5 Å². The summed E-state index contributed by atoms with van der Waals surface area (Å²) in [6, 6.07) is 10.8. The Morgan fingerprint density at radius 2 is 1.78 bits per heavy atom. The number of carbonyl (C=O) groups excluding carboxylic acids is 3. The van der Waals surface area contributed by atoms with Gasteiger partial charge in [0.05, 0.1) is 33.0 Å². The van der Waals surface area contributed by atoms with Gasteiger partial charge >= 0.3 is 17.9 Å². The second kappa shape index (κ2) is 13.7. The van der Waals surface area contributed by atoms with E-state index in [9.17, 15) is 19.8 Å². The normalized spacial score (nSPS) is 36.9. The number of aliphatic hydroxyl groups is 2. The lowest BCUT2D eigenvalue weighted by Gasteiger charge is -2.63. The Morgan fingerprint density at radius 1 is 1.02 bits per heavy atom. The summed E-state index contributed by atoms with van der Waals surface area (Å²) in [6.07, 6.45) is 6.75. The van der Waals surface area contributed by atoms with Gasteiger partial charge in [0.25, 0.3) is 0 Å². The van der Waals surface area contributed by atoms with E-state index in [1.165, 1.54) is 21.1 Å². The summed E-state index contributed by atoms with van der Waals surface area (Å²) in [5, 5.41) is 26.2. The number of nitrogens with one attached hydrogen (secondary N) is 1. The van der Waals surface area contributed by atoms with Gasteiger partial charge in [-0.25, -0.2) is 4.79 Å². The first-order valence-corrected chi connectivity index (χ1v) is 20.8. The van der Waals surface area contributed by atoms with E-state index in [0.717, 1.165) is 33.4 Å². The molecule has 9 rings (SSSR count). The molecule has 1 saturated carbocycles. The van der Waals surface area contributed by atoms with Crippen LogP contribution in [0.5, 0.6) is 5.75 Å². The van der Waals surface area contributed by atoms with Crippen LogP contribution in [-0.4, -0.2) is 133 Å². The van der Waals surface area contributed by atoms with Crippen molar-refractivity contribution in [3.8, 4) is 5.75 Å². The predicted octanol–water partition coefficient (Wildman–Crippen LogP) is 3.77. The van der Waals surface area contributed by atoms with E-state index >= 15 is 4.79 Å². The molecule has 1 aliphatic carbocycles. The lowest BCUT2D eigenvalue weighted by atomic mass is 9.47. The number of anilines is 1. The van der Waals surface area contributed by atoms with Crippen molar-refractivity contribution < 1.29 is 43.5 Å². The van der Waals surface area contributed by atoms with Crippen LogP contribution in [0.15, 0.2) is 61.2 Å². The van der Waals surface area contributed by atoms with Crippen LogP contribution in [0.2, 0.25) is 0 Å². The number of carbonyl (C=O) groups is 3. The van der Waals surface area contributed by atoms with Gasteiger partial charge in [-0.2, -0.15) is 0 Å². The highest BCUT2D eigenvalue weighted by Crippen LogP contribution is 2.68. The Kier molecular flexibility index (Phi) is 9.21. The molecular formula is C46H56N4O9. The minimum atomic E-state index is -2.31. The number of fused-ring (bicyclic) bond motifs is 6. The molecule has 1 unspecified atom stereocenters. The molecule has 59 heavy (non-hydrogen) atoms. The molecule has 3 N–H and O–H groups in total. The molecule has 1 spiro atoms. The first-order valence-electron chi connectivity index (χ1n) is 20.8. The minimum Gasteiger partial charge on any atom is -0.496 e. The molecule has 13 nitrogen and oxygen atoms in total. The Hall–Kier alpha value is -4.69. The molecule has 0 radical (unpaired) electrons. The molecule has 3 aromatic rings. The minimum absolute atomic E-state index is 0.170. The number of benzene rings is 2. The van der Waals surface area contributed by atoms with Gasteiger partial charge in [0.1, 0.15) is 11.2 Å². The summed E-state index contributed by atoms with van der Waals surface area (Å²) in [7, 11) is 6.11. The van der Waals surface area contributed by atoms with Crippen LogP contribution in [0.1, 0.15) is 61.9 Å². The van der Waals surface area contributed by atoms with E-state index in [2.05, 4.69) is 33.5 Å². The van der Waals surface area contributed by atoms with Gasteiger partial charge in [-0.3, -0.25) is 19.4 Å². The number of nitrogens with zero attached hydrogens (tertiary/aromatic N) is 3. The third kappa shape index (κ3) is 5.14. The largest absolute Gasteiger partial charge is 0.496 e. The smallest absolute Gasteiger partial charge is 0.344 e. The molecule has 1 aromatic heterocycles. The van der Waals surface area contributed by atoms with Crippen molar-refractivity contribution in [1.82, 2.24) is 14.8 Å². The molecular weight excluding hydrogens is 753 g/mol. The average molecular weight is 809 g/mol. The molecule has 0 amide bonds. The molecule has 2 saturated heterocycles. The zero-order chi connectivity index (χ0) is 41.9. The van der Waals surface area contributed by atoms with Crippen LogP contribution in [0.25, 0.3) is 10.9 Å². The molecule has 6 aliphatic rings. The third-order valence-electron chi connectivity index (χ3n) is 15.3. The second-order valence-corrected chi connectivity index (χ2v) is 17.9. The SMILES string of the molecule is C=C[C@]1(O)C[C@@H]2CN(CCc3c([nH]c4ccccc34)[C@@](C(=O)OC)(c3cc4c(cc3OC)N(C)[C@H]3[C@@](O)(C(=O)OC)[C@H](OC(C)=O)[C@]5(CC)C=CCN6CC[C@]43[C@@H]65)C2)C1. The molecule has 2 aromatic carbocycles. The zero-order valence-corrected chi connectivity index (χ0v) is 34.9. The fourth-order valence-corrected chi connectivity index (χ4v) is 13.3. The Bertz CT molecular complexity index is 2290. The number of piperidine rings is 1. The number of rotatable bonds is 7. The van der Waals surface area contributed by atoms with Gasteiger partial charge in [-0.05, 0) is 67.8 Å². The number of likely N-dealkylation sites (N-methyl/N-ethyl adjacent to an activating group) is 1. The van der Waals surface area contributed by atoms with Crippen LogP contribution in [0, 0.1) is 11.3 Å². The number of para-hydroxylation sites is 1. The van der Waals surface area contributed by atoms with Gasteiger partial charge in [-0.1, -0.05) is 43.4 Å². The molecule has 3 fully saturated rings. The summed E-state index contributed by atoms with van der Waals surface area (Å²) in [5.74, 6) is -1.69. The Labute approximate surface area is 344 Å². The first-order chi connectivity index (χ1) is 28.2.